The second-order valence-corrected chi connectivity index (χ2v) is 6.35. The highest BCUT2D eigenvalue weighted by atomic mass is 35.5. The molecule has 2 aromatic rings. The van der Waals surface area contributed by atoms with Gasteiger partial charge in [0.2, 0.25) is 5.91 Å². The molecule has 0 saturated carbocycles. The molecule has 0 radical (unpaired) electrons. The Morgan fingerprint density at radius 3 is 2.90 bits per heavy atom. The van der Waals surface area contributed by atoms with Gasteiger partial charge in [0.15, 0.2) is 5.13 Å². The van der Waals surface area contributed by atoms with Crippen LogP contribution >= 0.6 is 22.9 Å². The van der Waals surface area contributed by atoms with Crippen molar-refractivity contribution in [3.05, 3.63) is 18.2 Å². The molecule has 0 saturated heterocycles. The maximum atomic E-state index is 12.1. The summed E-state index contributed by atoms with van der Waals surface area (Å²) in [4.78, 5) is 16.4. The van der Waals surface area contributed by atoms with Gasteiger partial charge in [-0.1, -0.05) is 11.3 Å². The summed E-state index contributed by atoms with van der Waals surface area (Å²) in [5.74, 6) is 0.942. The zero-order chi connectivity index (χ0) is 14.8. The average Bonchev–Trinajstić information content (AvgIpc) is 2.80. The number of fused-ring (bicyclic) bond motifs is 1. The largest absolute Gasteiger partial charge is 0.494 e. The van der Waals surface area contributed by atoms with E-state index in [0.717, 1.165) is 16.0 Å². The molecule has 0 fully saturated rings. The van der Waals surface area contributed by atoms with E-state index in [-0.39, 0.29) is 11.8 Å². The van der Waals surface area contributed by atoms with E-state index >= 15 is 0 Å². The number of alkyl halides is 1. The van der Waals surface area contributed by atoms with Crippen molar-refractivity contribution in [2.75, 3.05) is 17.8 Å². The lowest BCUT2D eigenvalue weighted by atomic mass is 9.95. The van der Waals surface area contributed by atoms with Gasteiger partial charge < -0.3 is 10.1 Å². The number of nitrogens with zero attached hydrogens (tertiary/aromatic N) is 1. The van der Waals surface area contributed by atoms with E-state index in [9.17, 15) is 4.79 Å². The van der Waals surface area contributed by atoms with Crippen LogP contribution in [0.25, 0.3) is 10.2 Å². The third-order valence-electron chi connectivity index (χ3n) is 2.84. The minimum atomic E-state index is -0.615. The van der Waals surface area contributed by atoms with Gasteiger partial charge in [0.25, 0.3) is 0 Å². The second-order valence-electron chi connectivity index (χ2n) is 5.05. The lowest BCUT2D eigenvalue weighted by Crippen LogP contribution is -2.32. The molecule has 1 amide bonds. The topological polar surface area (TPSA) is 51.2 Å². The van der Waals surface area contributed by atoms with Crippen molar-refractivity contribution < 1.29 is 9.53 Å². The van der Waals surface area contributed by atoms with Crippen LogP contribution < -0.4 is 10.1 Å². The molecule has 6 heteroatoms. The predicted octanol–water partition coefficient (Wildman–Crippen LogP) is 3.90. The first kappa shape index (κ1) is 15.1. The van der Waals surface area contributed by atoms with Gasteiger partial charge in [-0.2, -0.15) is 0 Å². The van der Waals surface area contributed by atoms with Crippen LogP contribution in [0, 0.1) is 5.41 Å². The van der Waals surface area contributed by atoms with Gasteiger partial charge in [-0.05, 0) is 39.0 Å². The first-order valence-electron chi connectivity index (χ1n) is 6.37. The van der Waals surface area contributed by atoms with Gasteiger partial charge in [0, 0.05) is 5.88 Å². The van der Waals surface area contributed by atoms with Crippen LogP contribution in [-0.4, -0.2) is 23.4 Å². The second kappa shape index (κ2) is 5.97. The Bertz CT molecular complexity index is 625. The molecule has 0 aliphatic carbocycles. The zero-order valence-corrected chi connectivity index (χ0v) is 13.3. The minimum Gasteiger partial charge on any atom is -0.494 e. The Labute approximate surface area is 127 Å². The molecule has 0 atom stereocenters. The SMILES string of the molecule is CCOc1ccc2nc(NC(=O)C(C)(C)CCl)sc2c1. The summed E-state index contributed by atoms with van der Waals surface area (Å²) in [5.41, 5.74) is 0.230. The highest BCUT2D eigenvalue weighted by Gasteiger charge is 2.27. The summed E-state index contributed by atoms with van der Waals surface area (Å²) in [6.45, 7) is 6.17. The Balaban J connectivity index is 2.22. The van der Waals surface area contributed by atoms with E-state index in [4.69, 9.17) is 16.3 Å². The molecule has 2 rings (SSSR count). The van der Waals surface area contributed by atoms with Crippen molar-refractivity contribution in [2.45, 2.75) is 20.8 Å². The fourth-order valence-electron chi connectivity index (χ4n) is 1.54. The number of thiazole rings is 1. The Hall–Kier alpha value is -1.33. The normalized spacial score (nSPS) is 11.6. The van der Waals surface area contributed by atoms with Crippen LogP contribution in [0.15, 0.2) is 18.2 Å². The van der Waals surface area contributed by atoms with Crippen molar-refractivity contribution in [3.63, 3.8) is 0 Å². The zero-order valence-electron chi connectivity index (χ0n) is 11.7. The Morgan fingerprint density at radius 2 is 2.25 bits per heavy atom. The standard InChI is InChI=1S/C14H17ClN2O2S/c1-4-19-9-5-6-10-11(7-9)20-13(16-10)17-12(18)14(2,3)8-15/h5-7H,4,8H2,1-3H3,(H,16,17,18). The van der Waals surface area contributed by atoms with Crippen LogP contribution in [-0.2, 0) is 4.79 Å². The number of nitrogens with one attached hydrogen (secondary N) is 1. The number of carbonyl (C=O) groups excluding carboxylic acids is 1. The van der Waals surface area contributed by atoms with E-state index in [1.807, 2.05) is 25.1 Å². The van der Waals surface area contributed by atoms with Crippen molar-refractivity contribution in [1.29, 1.82) is 0 Å². The molecular weight excluding hydrogens is 296 g/mol. The van der Waals surface area contributed by atoms with E-state index in [0.29, 0.717) is 11.7 Å². The predicted molar refractivity (Wildman–Crippen MR) is 83.9 cm³/mol. The number of hydrogen-bond acceptors (Lipinski definition) is 4. The third kappa shape index (κ3) is 3.22. The third-order valence-corrected chi connectivity index (χ3v) is 4.44. The Morgan fingerprint density at radius 1 is 1.50 bits per heavy atom. The van der Waals surface area contributed by atoms with E-state index in [2.05, 4.69) is 10.3 Å². The van der Waals surface area contributed by atoms with E-state index in [1.165, 1.54) is 11.3 Å². The molecular formula is C14H17ClN2O2S. The molecule has 1 N–H and O–H groups in total. The average molecular weight is 313 g/mol. The van der Waals surface area contributed by atoms with Crippen LogP contribution in [0.4, 0.5) is 5.13 Å². The van der Waals surface area contributed by atoms with Gasteiger partial charge in [0.05, 0.1) is 22.2 Å². The van der Waals surface area contributed by atoms with Crippen molar-refractivity contribution >= 4 is 44.2 Å². The molecule has 0 aliphatic rings. The molecule has 0 spiro atoms. The quantitative estimate of drug-likeness (QED) is 0.852. The van der Waals surface area contributed by atoms with Crippen LogP contribution in [0.5, 0.6) is 5.75 Å². The molecule has 1 aromatic carbocycles. The fraction of sp³-hybridized carbons (Fsp3) is 0.429. The molecule has 1 aromatic heterocycles. The number of rotatable bonds is 5. The lowest BCUT2D eigenvalue weighted by molar-refractivity contribution is -0.122. The summed E-state index contributed by atoms with van der Waals surface area (Å²) < 4.78 is 6.43. The van der Waals surface area contributed by atoms with Gasteiger partial charge in [-0.25, -0.2) is 4.98 Å². The summed E-state index contributed by atoms with van der Waals surface area (Å²) in [6.07, 6.45) is 0. The fourth-order valence-corrected chi connectivity index (χ4v) is 2.55. The number of carbonyl (C=O) groups is 1. The Kier molecular flexibility index (Phi) is 4.50. The van der Waals surface area contributed by atoms with Crippen molar-refractivity contribution in [3.8, 4) is 5.75 Å². The maximum Gasteiger partial charge on any atom is 0.233 e. The maximum absolute atomic E-state index is 12.1. The van der Waals surface area contributed by atoms with Crippen LogP contribution in [0.1, 0.15) is 20.8 Å². The van der Waals surface area contributed by atoms with Gasteiger partial charge >= 0.3 is 0 Å². The molecule has 4 nitrogen and oxygen atoms in total. The number of amides is 1. The van der Waals surface area contributed by atoms with Gasteiger partial charge in [-0.3, -0.25) is 4.79 Å². The minimum absolute atomic E-state index is 0.128. The lowest BCUT2D eigenvalue weighted by Gasteiger charge is -2.18. The number of benzene rings is 1. The van der Waals surface area contributed by atoms with Crippen LogP contribution in [0.3, 0.4) is 0 Å². The molecule has 0 aliphatic heterocycles. The van der Waals surface area contributed by atoms with Gasteiger partial charge in [-0.15, -0.1) is 11.6 Å². The molecule has 108 valence electrons. The molecule has 0 unspecified atom stereocenters. The number of hydrogen-bond donors (Lipinski definition) is 1. The smallest absolute Gasteiger partial charge is 0.233 e. The van der Waals surface area contributed by atoms with Crippen LogP contribution in [0.2, 0.25) is 0 Å². The van der Waals surface area contributed by atoms with Crippen molar-refractivity contribution in [1.82, 2.24) is 4.98 Å². The highest BCUT2D eigenvalue weighted by Crippen LogP contribution is 2.30. The summed E-state index contributed by atoms with van der Waals surface area (Å²) in [7, 11) is 0. The highest BCUT2D eigenvalue weighted by molar-refractivity contribution is 7.22. The summed E-state index contributed by atoms with van der Waals surface area (Å²) in [6, 6.07) is 5.69. The van der Waals surface area contributed by atoms with Gasteiger partial charge in [0.1, 0.15) is 5.75 Å². The number of ether oxygens (including phenoxy) is 1. The summed E-state index contributed by atoms with van der Waals surface area (Å²) >= 11 is 7.22. The molecule has 1 heterocycles. The monoisotopic (exact) mass is 312 g/mol. The van der Waals surface area contributed by atoms with E-state index in [1.54, 1.807) is 13.8 Å². The molecule has 0 bridgehead atoms. The molecule has 20 heavy (non-hydrogen) atoms. The first-order chi connectivity index (χ1) is 9.46. The summed E-state index contributed by atoms with van der Waals surface area (Å²) in [5, 5.41) is 3.40. The number of aromatic nitrogens is 1. The first-order valence-corrected chi connectivity index (χ1v) is 7.72. The van der Waals surface area contributed by atoms with Crippen molar-refractivity contribution in [2.24, 2.45) is 5.41 Å². The number of halogens is 1. The van der Waals surface area contributed by atoms with E-state index < -0.39 is 5.41 Å². The number of anilines is 1.